The molecule has 1 aromatic heterocycles. The summed E-state index contributed by atoms with van der Waals surface area (Å²) < 4.78 is 34.5. The number of hydrogen-bond donors (Lipinski definition) is 1. The molecule has 0 spiro atoms. The summed E-state index contributed by atoms with van der Waals surface area (Å²) >= 11 is 15.4. The molecule has 0 aliphatic carbocycles. The molecule has 4 aromatic rings. The third-order valence-corrected chi connectivity index (χ3v) is 6.07. The largest absolute Gasteiger partial charge is 0.486 e. The van der Waals surface area contributed by atoms with E-state index < -0.39 is 11.6 Å². The van der Waals surface area contributed by atoms with Crippen LogP contribution in [0.25, 0.3) is 0 Å². The lowest BCUT2D eigenvalue weighted by molar-refractivity contribution is 0.102. The van der Waals surface area contributed by atoms with Gasteiger partial charge in [-0.3, -0.25) is 9.48 Å². The number of amides is 1. The topological polar surface area (TPSA) is 56.2 Å². The van der Waals surface area contributed by atoms with Gasteiger partial charge in [0, 0.05) is 17.8 Å². The van der Waals surface area contributed by atoms with E-state index in [2.05, 4.69) is 26.3 Å². The fraction of sp³-hybridized carbons (Fsp3) is 0.0833. The predicted octanol–water partition coefficient (Wildman–Crippen LogP) is 7.11. The van der Waals surface area contributed by atoms with Crippen LogP contribution in [0.1, 0.15) is 21.5 Å². The van der Waals surface area contributed by atoms with Crippen LogP contribution < -0.4 is 10.1 Å². The van der Waals surface area contributed by atoms with E-state index in [0.29, 0.717) is 38.0 Å². The summed E-state index contributed by atoms with van der Waals surface area (Å²) in [5.74, 6) is -1.59. The molecule has 0 aliphatic heterocycles. The van der Waals surface area contributed by atoms with Crippen LogP contribution in [-0.2, 0) is 13.2 Å². The van der Waals surface area contributed by atoms with Gasteiger partial charge in [0.2, 0.25) is 0 Å². The number of carbonyl (C=O) groups excluding carboxylic acids is 1. The van der Waals surface area contributed by atoms with E-state index in [1.165, 1.54) is 6.07 Å². The molecule has 5 nitrogen and oxygen atoms in total. The summed E-state index contributed by atoms with van der Waals surface area (Å²) in [6.45, 7) is 0.434. The minimum atomic E-state index is -0.796. The number of benzene rings is 3. The molecule has 0 aliphatic rings. The Kier molecular flexibility index (Phi) is 7.50. The molecule has 0 bridgehead atoms. The lowest BCUT2D eigenvalue weighted by Crippen LogP contribution is -2.13. The van der Waals surface area contributed by atoms with E-state index in [1.54, 1.807) is 47.3 Å². The van der Waals surface area contributed by atoms with Crippen LogP contribution in [0.4, 0.5) is 14.6 Å². The van der Waals surface area contributed by atoms with Crippen molar-refractivity contribution in [1.29, 1.82) is 0 Å². The molecule has 3 aromatic carbocycles. The Morgan fingerprint density at radius 3 is 2.62 bits per heavy atom. The highest BCUT2D eigenvalue weighted by atomic mass is 79.9. The first-order valence-electron chi connectivity index (χ1n) is 9.93. The van der Waals surface area contributed by atoms with E-state index in [0.717, 1.165) is 17.7 Å². The maximum Gasteiger partial charge on any atom is 0.256 e. The molecule has 0 saturated heterocycles. The number of hydrogen-bond acceptors (Lipinski definition) is 3. The number of aromatic nitrogens is 2. The number of nitrogens with zero attached hydrogens (tertiary/aromatic N) is 2. The quantitative estimate of drug-likeness (QED) is 0.259. The molecule has 0 fully saturated rings. The Morgan fingerprint density at radius 2 is 1.85 bits per heavy atom. The van der Waals surface area contributed by atoms with Crippen molar-refractivity contribution in [2.24, 2.45) is 0 Å². The lowest BCUT2D eigenvalue weighted by atomic mass is 10.1. The third kappa shape index (κ3) is 5.94. The van der Waals surface area contributed by atoms with Gasteiger partial charge in [0.15, 0.2) is 17.4 Å². The van der Waals surface area contributed by atoms with E-state index in [4.69, 9.17) is 27.9 Å². The number of nitrogens with one attached hydrogen (secondary N) is 1. The highest BCUT2D eigenvalue weighted by molar-refractivity contribution is 9.10. The summed E-state index contributed by atoms with van der Waals surface area (Å²) in [7, 11) is 0. The van der Waals surface area contributed by atoms with Crippen LogP contribution >= 0.6 is 39.1 Å². The zero-order valence-electron chi connectivity index (χ0n) is 17.4. The van der Waals surface area contributed by atoms with E-state index in [1.807, 2.05) is 6.07 Å². The Balaban J connectivity index is 1.42. The molecule has 10 heteroatoms. The second-order valence-electron chi connectivity index (χ2n) is 7.29. The maximum absolute atomic E-state index is 13.8. The van der Waals surface area contributed by atoms with Crippen molar-refractivity contribution < 1.29 is 18.3 Å². The molecule has 1 N–H and O–H groups in total. The highest BCUT2D eigenvalue weighted by Gasteiger charge is 2.14. The zero-order chi connectivity index (χ0) is 24.2. The average Bonchev–Trinajstić information content (AvgIpc) is 3.14. The van der Waals surface area contributed by atoms with Crippen molar-refractivity contribution in [2.45, 2.75) is 13.2 Å². The molecule has 1 heterocycles. The summed E-state index contributed by atoms with van der Waals surface area (Å²) in [5.41, 5.74) is 1.90. The van der Waals surface area contributed by atoms with Crippen molar-refractivity contribution in [3.8, 4) is 5.75 Å². The average molecular weight is 567 g/mol. The van der Waals surface area contributed by atoms with Gasteiger partial charge in [0.05, 0.1) is 21.1 Å². The predicted molar refractivity (Wildman–Crippen MR) is 131 cm³/mol. The molecule has 0 unspecified atom stereocenters. The second-order valence-corrected chi connectivity index (χ2v) is 8.96. The van der Waals surface area contributed by atoms with Crippen LogP contribution in [-0.4, -0.2) is 15.7 Å². The first-order chi connectivity index (χ1) is 16.3. The molecule has 4 rings (SSSR count). The summed E-state index contributed by atoms with van der Waals surface area (Å²) in [5, 5.41) is 8.08. The molecule has 0 saturated carbocycles. The van der Waals surface area contributed by atoms with Gasteiger partial charge in [-0.25, -0.2) is 8.78 Å². The van der Waals surface area contributed by atoms with Crippen LogP contribution in [0.5, 0.6) is 5.75 Å². The molecular formula is C24H16BrCl2F2N3O2. The van der Waals surface area contributed by atoms with Gasteiger partial charge in [-0.15, -0.1) is 0 Å². The first-order valence-corrected chi connectivity index (χ1v) is 11.5. The molecule has 0 atom stereocenters. The summed E-state index contributed by atoms with van der Waals surface area (Å²) in [4.78, 5) is 12.8. The SMILES string of the molecule is O=C(Nc1nn(Cc2ccc(Cl)c(Cl)c2)cc1Br)c1cccc(COc2ccc(F)cc2F)c1. The van der Waals surface area contributed by atoms with Gasteiger partial charge in [0.25, 0.3) is 5.91 Å². The van der Waals surface area contributed by atoms with Crippen molar-refractivity contribution >= 4 is 50.9 Å². The molecule has 1 amide bonds. The zero-order valence-corrected chi connectivity index (χ0v) is 20.5. The monoisotopic (exact) mass is 565 g/mol. The fourth-order valence-electron chi connectivity index (χ4n) is 3.12. The standard InChI is InChI=1S/C24H16BrCl2F2N3O2/c25-18-12-32(11-14-4-6-19(26)20(27)9-14)31-23(18)30-24(33)16-3-1-2-15(8-16)13-34-22-7-5-17(28)10-21(22)29/h1-10,12H,11,13H2,(H,30,31,33). The van der Waals surface area contributed by atoms with E-state index in [9.17, 15) is 13.6 Å². The van der Waals surface area contributed by atoms with Crippen LogP contribution in [0.3, 0.4) is 0 Å². The van der Waals surface area contributed by atoms with Crippen LogP contribution in [0.15, 0.2) is 71.3 Å². The minimum absolute atomic E-state index is 0.00560. The highest BCUT2D eigenvalue weighted by Crippen LogP contribution is 2.25. The smallest absolute Gasteiger partial charge is 0.256 e. The van der Waals surface area contributed by atoms with E-state index in [-0.39, 0.29) is 18.3 Å². The van der Waals surface area contributed by atoms with Gasteiger partial charge in [-0.1, -0.05) is 41.4 Å². The summed E-state index contributed by atoms with van der Waals surface area (Å²) in [6, 6.07) is 15.1. The van der Waals surface area contributed by atoms with Gasteiger partial charge in [-0.05, 0) is 63.5 Å². The lowest BCUT2D eigenvalue weighted by Gasteiger charge is -2.09. The minimum Gasteiger partial charge on any atom is -0.486 e. The van der Waals surface area contributed by atoms with Crippen molar-refractivity contribution in [2.75, 3.05) is 5.32 Å². The molecule has 0 radical (unpaired) electrons. The first kappa shape index (κ1) is 24.2. The van der Waals surface area contributed by atoms with Gasteiger partial charge < -0.3 is 10.1 Å². The van der Waals surface area contributed by atoms with E-state index >= 15 is 0 Å². The number of carbonyl (C=O) groups is 1. The number of halogens is 5. The maximum atomic E-state index is 13.8. The number of anilines is 1. The normalized spacial score (nSPS) is 10.9. The Bertz CT molecular complexity index is 1360. The summed E-state index contributed by atoms with van der Waals surface area (Å²) in [6.07, 6.45) is 1.74. The fourth-order valence-corrected chi connectivity index (χ4v) is 3.86. The molecule has 34 heavy (non-hydrogen) atoms. The van der Waals surface area contributed by atoms with Crippen molar-refractivity contribution in [3.63, 3.8) is 0 Å². The number of rotatable bonds is 7. The van der Waals surface area contributed by atoms with Gasteiger partial charge in [-0.2, -0.15) is 5.10 Å². The van der Waals surface area contributed by atoms with Crippen molar-refractivity contribution in [1.82, 2.24) is 9.78 Å². The van der Waals surface area contributed by atoms with Gasteiger partial charge >= 0.3 is 0 Å². The molecular weight excluding hydrogens is 551 g/mol. The Hall–Kier alpha value is -2.94. The van der Waals surface area contributed by atoms with Gasteiger partial charge in [0.1, 0.15) is 12.4 Å². The van der Waals surface area contributed by atoms with Crippen LogP contribution in [0, 0.1) is 11.6 Å². The second kappa shape index (κ2) is 10.5. The third-order valence-electron chi connectivity index (χ3n) is 4.75. The Morgan fingerprint density at radius 1 is 1.03 bits per heavy atom. The van der Waals surface area contributed by atoms with Crippen molar-refractivity contribution in [3.05, 3.63) is 110 Å². The molecule has 174 valence electrons. The number of ether oxygens (including phenoxy) is 1. The Labute approximate surface area is 212 Å². The van der Waals surface area contributed by atoms with Crippen LogP contribution in [0.2, 0.25) is 10.0 Å².